The summed E-state index contributed by atoms with van der Waals surface area (Å²) in [6, 6.07) is 5.58. The van der Waals surface area contributed by atoms with Crippen LogP contribution < -0.4 is 4.90 Å². The third kappa shape index (κ3) is 5.07. The molecule has 3 heterocycles. The Morgan fingerprint density at radius 3 is 2.72 bits per heavy atom. The Balaban J connectivity index is 1.41. The monoisotopic (exact) mass is 441 g/mol. The van der Waals surface area contributed by atoms with E-state index in [1.807, 2.05) is 24.0 Å². The Kier molecular flexibility index (Phi) is 7.01. The molecule has 2 aliphatic heterocycles. The molecule has 8 heteroatoms. The number of hydrogen-bond donors (Lipinski definition) is 0. The van der Waals surface area contributed by atoms with E-state index in [4.69, 9.17) is 4.74 Å². The fourth-order valence-electron chi connectivity index (χ4n) is 4.51. The Hall–Kier alpha value is -2.58. The van der Waals surface area contributed by atoms with Gasteiger partial charge in [-0.2, -0.15) is 0 Å². The summed E-state index contributed by atoms with van der Waals surface area (Å²) >= 11 is 0. The number of carbonyl (C=O) groups is 1. The number of aromatic nitrogens is 2. The highest BCUT2D eigenvalue weighted by Crippen LogP contribution is 2.27. The molecule has 2 fully saturated rings. The number of amides is 1. The van der Waals surface area contributed by atoms with Gasteiger partial charge in [0.05, 0.1) is 30.2 Å². The number of benzene rings is 1. The minimum Gasteiger partial charge on any atom is -0.378 e. The highest BCUT2D eigenvalue weighted by Gasteiger charge is 2.25. The summed E-state index contributed by atoms with van der Waals surface area (Å²) < 4.78 is 20.2. The first-order valence-corrected chi connectivity index (χ1v) is 11.3. The maximum Gasteiger partial charge on any atom is 0.256 e. The van der Waals surface area contributed by atoms with Gasteiger partial charge in [0.25, 0.3) is 5.91 Å². The van der Waals surface area contributed by atoms with E-state index < -0.39 is 0 Å². The van der Waals surface area contributed by atoms with Crippen LogP contribution >= 0.6 is 0 Å². The van der Waals surface area contributed by atoms with Crippen LogP contribution in [0, 0.1) is 12.7 Å². The molecule has 2 saturated heterocycles. The zero-order valence-corrected chi connectivity index (χ0v) is 19.2. The molecule has 0 spiro atoms. The quantitative estimate of drug-likeness (QED) is 0.711. The highest BCUT2D eigenvalue weighted by atomic mass is 19.1. The standard InChI is InChI=1S/C24H32FN5O2/c1-17-20(24(31)28(2)3)14-26-23(27-17)19-5-4-8-29(16-19)15-18-6-7-22(21(25)13-18)30-9-11-32-12-10-30/h6-7,13-14,19H,4-5,8-12,15-16H2,1-3H3. The average molecular weight is 442 g/mol. The van der Waals surface area contributed by atoms with Crippen molar-refractivity contribution in [2.24, 2.45) is 0 Å². The minimum absolute atomic E-state index is 0.0816. The Morgan fingerprint density at radius 2 is 2.03 bits per heavy atom. The summed E-state index contributed by atoms with van der Waals surface area (Å²) in [4.78, 5) is 27.4. The summed E-state index contributed by atoms with van der Waals surface area (Å²) in [5, 5.41) is 0. The lowest BCUT2D eigenvalue weighted by molar-refractivity contribution is 0.0825. The van der Waals surface area contributed by atoms with E-state index in [2.05, 4.69) is 14.9 Å². The summed E-state index contributed by atoms with van der Waals surface area (Å²) in [5.41, 5.74) is 2.89. The second kappa shape index (κ2) is 9.92. The van der Waals surface area contributed by atoms with Crippen LogP contribution in [0.25, 0.3) is 0 Å². The minimum atomic E-state index is -0.168. The SMILES string of the molecule is Cc1nc(C2CCCN(Cc3ccc(N4CCOCC4)c(F)c3)C2)ncc1C(=O)N(C)C. The van der Waals surface area contributed by atoms with Gasteiger partial charge >= 0.3 is 0 Å². The Morgan fingerprint density at radius 1 is 1.25 bits per heavy atom. The zero-order valence-electron chi connectivity index (χ0n) is 19.2. The van der Waals surface area contributed by atoms with Crippen molar-refractivity contribution in [3.8, 4) is 0 Å². The van der Waals surface area contributed by atoms with Crippen LogP contribution in [0.4, 0.5) is 10.1 Å². The van der Waals surface area contributed by atoms with Crippen LogP contribution in [-0.2, 0) is 11.3 Å². The highest BCUT2D eigenvalue weighted by molar-refractivity contribution is 5.94. The van der Waals surface area contributed by atoms with Crippen molar-refractivity contribution in [1.29, 1.82) is 0 Å². The summed E-state index contributed by atoms with van der Waals surface area (Å²) in [7, 11) is 3.45. The van der Waals surface area contributed by atoms with Crippen molar-refractivity contribution in [3.05, 3.63) is 52.9 Å². The van der Waals surface area contributed by atoms with Crippen molar-refractivity contribution in [2.75, 3.05) is 58.4 Å². The molecule has 1 unspecified atom stereocenters. The smallest absolute Gasteiger partial charge is 0.256 e. The van der Waals surface area contributed by atoms with Gasteiger partial charge in [0.15, 0.2) is 0 Å². The first kappa shape index (κ1) is 22.6. The molecule has 0 aliphatic carbocycles. The van der Waals surface area contributed by atoms with Gasteiger partial charge in [-0.3, -0.25) is 9.69 Å². The van der Waals surface area contributed by atoms with E-state index in [0.29, 0.717) is 36.7 Å². The van der Waals surface area contributed by atoms with Crippen LogP contribution in [0.15, 0.2) is 24.4 Å². The number of aryl methyl sites for hydroxylation is 1. The topological polar surface area (TPSA) is 61.8 Å². The van der Waals surface area contributed by atoms with Gasteiger partial charge in [-0.25, -0.2) is 14.4 Å². The molecule has 32 heavy (non-hydrogen) atoms. The van der Waals surface area contributed by atoms with Crippen LogP contribution in [0.3, 0.4) is 0 Å². The number of nitrogens with zero attached hydrogens (tertiary/aromatic N) is 5. The maximum absolute atomic E-state index is 14.8. The molecular weight excluding hydrogens is 409 g/mol. The molecule has 1 aromatic carbocycles. The third-order valence-corrected chi connectivity index (χ3v) is 6.28. The van der Waals surface area contributed by atoms with Gasteiger partial charge in [0.2, 0.25) is 0 Å². The molecule has 172 valence electrons. The van der Waals surface area contributed by atoms with Gasteiger partial charge in [-0.1, -0.05) is 6.07 Å². The molecular formula is C24H32FN5O2. The molecule has 1 aromatic heterocycles. The molecule has 1 atom stereocenters. The Bertz CT molecular complexity index is 961. The van der Waals surface area contributed by atoms with Crippen LogP contribution in [0.1, 0.15) is 46.2 Å². The first-order valence-electron chi connectivity index (χ1n) is 11.3. The fraction of sp³-hybridized carbons (Fsp3) is 0.542. The second-order valence-corrected chi connectivity index (χ2v) is 8.89. The normalized spacial score (nSPS) is 19.8. The van der Waals surface area contributed by atoms with Gasteiger partial charge in [-0.05, 0) is 44.0 Å². The molecule has 4 rings (SSSR count). The number of halogens is 1. The van der Waals surface area contributed by atoms with Crippen molar-refractivity contribution in [3.63, 3.8) is 0 Å². The number of piperidine rings is 1. The van der Waals surface area contributed by atoms with E-state index in [1.54, 1.807) is 26.4 Å². The first-order chi connectivity index (χ1) is 15.4. The third-order valence-electron chi connectivity index (χ3n) is 6.28. The van der Waals surface area contributed by atoms with Gasteiger partial charge < -0.3 is 14.5 Å². The number of morpholine rings is 1. The fourth-order valence-corrected chi connectivity index (χ4v) is 4.51. The molecule has 0 saturated carbocycles. The predicted molar refractivity (Wildman–Crippen MR) is 121 cm³/mol. The molecule has 0 radical (unpaired) electrons. The van der Waals surface area contributed by atoms with Crippen molar-refractivity contribution in [1.82, 2.24) is 19.8 Å². The van der Waals surface area contributed by atoms with Gasteiger partial charge in [0, 0.05) is 52.4 Å². The van der Waals surface area contributed by atoms with Crippen molar-refractivity contribution in [2.45, 2.75) is 32.2 Å². The molecule has 0 bridgehead atoms. The number of anilines is 1. The van der Waals surface area contributed by atoms with Crippen LogP contribution in [0.2, 0.25) is 0 Å². The van der Waals surface area contributed by atoms with E-state index >= 15 is 0 Å². The van der Waals surface area contributed by atoms with Crippen molar-refractivity contribution < 1.29 is 13.9 Å². The lowest BCUT2D eigenvalue weighted by atomic mass is 9.96. The van der Waals surface area contributed by atoms with E-state index in [9.17, 15) is 9.18 Å². The summed E-state index contributed by atoms with van der Waals surface area (Å²) in [6.07, 6.45) is 3.71. The molecule has 2 aromatic rings. The summed E-state index contributed by atoms with van der Waals surface area (Å²) in [6.45, 7) is 7.09. The van der Waals surface area contributed by atoms with E-state index in [1.165, 1.54) is 4.90 Å². The lowest BCUT2D eigenvalue weighted by Crippen LogP contribution is -2.37. The number of rotatable bonds is 5. The predicted octanol–water partition coefficient (Wildman–Crippen LogP) is 2.84. The Labute approximate surface area is 189 Å². The molecule has 1 amide bonds. The van der Waals surface area contributed by atoms with E-state index in [0.717, 1.165) is 50.4 Å². The molecule has 7 nitrogen and oxygen atoms in total. The van der Waals surface area contributed by atoms with Crippen molar-refractivity contribution >= 4 is 11.6 Å². The number of carbonyl (C=O) groups excluding carboxylic acids is 1. The van der Waals surface area contributed by atoms with Crippen LogP contribution in [0.5, 0.6) is 0 Å². The maximum atomic E-state index is 14.8. The van der Waals surface area contributed by atoms with Gasteiger partial charge in [0.1, 0.15) is 11.6 Å². The van der Waals surface area contributed by atoms with E-state index in [-0.39, 0.29) is 17.6 Å². The molecule has 2 aliphatic rings. The average Bonchev–Trinajstić information content (AvgIpc) is 2.79. The zero-order chi connectivity index (χ0) is 22.7. The number of likely N-dealkylation sites (tertiary alicyclic amines) is 1. The lowest BCUT2D eigenvalue weighted by Gasteiger charge is -2.32. The largest absolute Gasteiger partial charge is 0.378 e. The second-order valence-electron chi connectivity index (χ2n) is 8.89. The number of hydrogen-bond acceptors (Lipinski definition) is 6. The van der Waals surface area contributed by atoms with Gasteiger partial charge in [-0.15, -0.1) is 0 Å². The summed E-state index contributed by atoms with van der Waals surface area (Å²) in [5.74, 6) is 0.750. The molecule has 0 N–H and O–H groups in total. The number of ether oxygens (including phenoxy) is 1. The van der Waals surface area contributed by atoms with Crippen LogP contribution in [-0.4, -0.2) is 79.2 Å².